The molecule has 1 atom stereocenters. The number of carbonyl (C=O) groups is 2. The van der Waals surface area contributed by atoms with Crippen LogP contribution in [0.1, 0.15) is 55.1 Å². The highest BCUT2D eigenvalue weighted by Gasteiger charge is 2.32. The zero-order chi connectivity index (χ0) is 20.5. The number of amides is 2. The standard InChI is InChI=1S/C21H33N5O2S.HI/c1-2-22-21(24-12-6-11-23-19(27)18-9-5-14-29-18)25-17-10-13-26(15-17)20(28)16-7-3-4-8-16;/h5,9,14,16-17H,2-4,6-8,10-13,15H2,1H3,(H,23,27)(H2,22,24,25);1H. The first-order valence-corrected chi connectivity index (χ1v) is 11.7. The van der Waals surface area contributed by atoms with E-state index in [1.807, 2.05) is 29.3 Å². The molecule has 2 aliphatic rings. The summed E-state index contributed by atoms with van der Waals surface area (Å²) in [5.74, 6) is 1.36. The number of rotatable bonds is 8. The van der Waals surface area contributed by atoms with Gasteiger partial charge in [-0.15, -0.1) is 35.3 Å². The Morgan fingerprint density at radius 1 is 1.23 bits per heavy atom. The smallest absolute Gasteiger partial charge is 0.261 e. The van der Waals surface area contributed by atoms with Gasteiger partial charge in [-0.1, -0.05) is 18.9 Å². The summed E-state index contributed by atoms with van der Waals surface area (Å²) in [5, 5.41) is 11.6. The highest BCUT2D eigenvalue weighted by molar-refractivity contribution is 14.0. The Morgan fingerprint density at radius 2 is 2.03 bits per heavy atom. The number of nitrogens with zero attached hydrogens (tertiary/aromatic N) is 2. The first-order valence-electron chi connectivity index (χ1n) is 10.8. The molecule has 9 heteroatoms. The van der Waals surface area contributed by atoms with Gasteiger partial charge in [0.2, 0.25) is 5.91 Å². The van der Waals surface area contributed by atoms with E-state index in [1.165, 1.54) is 24.2 Å². The average Bonchev–Trinajstić information content (AvgIpc) is 3.49. The van der Waals surface area contributed by atoms with Gasteiger partial charge in [0.1, 0.15) is 0 Å². The Kier molecular flexibility index (Phi) is 10.9. The quantitative estimate of drug-likeness (QED) is 0.202. The molecule has 2 heterocycles. The van der Waals surface area contributed by atoms with Crippen molar-refractivity contribution in [3.63, 3.8) is 0 Å². The molecule has 0 spiro atoms. The maximum atomic E-state index is 12.6. The highest BCUT2D eigenvalue weighted by atomic mass is 127. The summed E-state index contributed by atoms with van der Waals surface area (Å²) in [6, 6.07) is 3.95. The molecule has 2 amide bonds. The van der Waals surface area contributed by atoms with Gasteiger partial charge in [0.15, 0.2) is 5.96 Å². The van der Waals surface area contributed by atoms with Gasteiger partial charge >= 0.3 is 0 Å². The van der Waals surface area contributed by atoms with Crippen molar-refractivity contribution in [3.8, 4) is 0 Å². The number of guanidine groups is 1. The second-order valence-corrected chi connectivity index (χ2v) is 8.69. The summed E-state index contributed by atoms with van der Waals surface area (Å²) in [6.07, 6.45) is 6.24. The summed E-state index contributed by atoms with van der Waals surface area (Å²) < 4.78 is 0. The number of halogens is 1. The van der Waals surface area contributed by atoms with Crippen molar-refractivity contribution < 1.29 is 9.59 Å². The van der Waals surface area contributed by atoms with Crippen LogP contribution in [0.15, 0.2) is 22.5 Å². The van der Waals surface area contributed by atoms with E-state index in [2.05, 4.69) is 20.9 Å². The minimum absolute atomic E-state index is 0. The van der Waals surface area contributed by atoms with Crippen LogP contribution in [0.2, 0.25) is 0 Å². The summed E-state index contributed by atoms with van der Waals surface area (Å²) in [5.41, 5.74) is 0. The van der Waals surface area contributed by atoms with E-state index in [4.69, 9.17) is 0 Å². The van der Waals surface area contributed by atoms with Crippen molar-refractivity contribution in [1.82, 2.24) is 20.9 Å². The molecule has 1 aromatic heterocycles. The van der Waals surface area contributed by atoms with Gasteiger partial charge in [-0.3, -0.25) is 14.6 Å². The number of carbonyl (C=O) groups excluding carboxylic acids is 2. The Morgan fingerprint density at radius 3 is 2.73 bits per heavy atom. The number of thiophene rings is 1. The minimum atomic E-state index is -0.0213. The molecule has 0 aromatic carbocycles. The van der Waals surface area contributed by atoms with Crippen LogP contribution in [0.5, 0.6) is 0 Å². The molecule has 168 valence electrons. The summed E-state index contributed by atoms with van der Waals surface area (Å²) in [6.45, 7) is 5.67. The predicted octanol–water partition coefficient (Wildman–Crippen LogP) is 2.83. The lowest BCUT2D eigenvalue weighted by Crippen LogP contribution is -2.45. The Labute approximate surface area is 200 Å². The molecule has 3 N–H and O–H groups in total. The molecular formula is C21H34IN5O2S. The lowest BCUT2D eigenvalue weighted by molar-refractivity contribution is -0.134. The van der Waals surface area contributed by atoms with Gasteiger partial charge in [-0.05, 0) is 44.1 Å². The first-order chi connectivity index (χ1) is 14.2. The lowest BCUT2D eigenvalue weighted by atomic mass is 10.1. The van der Waals surface area contributed by atoms with Crippen LogP contribution >= 0.6 is 35.3 Å². The topological polar surface area (TPSA) is 85.8 Å². The van der Waals surface area contributed by atoms with Gasteiger partial charge in [-0.25, -0.2) is 0 Å². The lowest BCUT2D eigenvalue weighted by Gasteiger charge is -2.21. The number of likely N-dealkylation sites (tertiary alicyclic amines) is 1. The maximum Gasteiger partial charge on any atom is 0.261 e. The molecule has 1 aromatic rings. The molecule has 1 aliphatic heterocycles. The molecule has 1 aliphatic carbocycles. The Bertz CT molecular complexity index is 692. The third-order valence-corrected chi connectivity index (χ3v) is 6.39. The molecule has 1 saturated carbocycles. The van der Waals surface area contributed by atoms with Crippen LogP contribution in [0, 0.1) is 5.92 Å². The number of hydrogen-bond acceptors (Lipinski definition) is 4. The van der Waals surface area contributed by atoms with Crippen LogP contribution in [0.4, 0.5) is 0 Å². The molecule has 30 heavy (non-hydrogen) atoms. The minimum Gasteiger partial charge on any atom is -0.357 e. The van der Waals surface area contributed by atoms with E-state index in [0.717, 1.165) is 56.2 Å². The van der Waals surface area contributed by atoms with Crippen LogP contribution in [-0.2, 0) is 4.79 Å². The molecule has 7 nitrogen and oxygen atoms in total. The van der Waals surface area contributed by atoms with Crippen molar-refractivity contribution in [2.24, 2.45) is 10.9 Å². The predicted molar refractivity (Wildman–Crippen MR) is 133 cm³/mol. The monoisotopic (exact) mass is 547 g/mol. The average molecular weight is 548 g/mol. The normalized spacial score (nSPS) is 19.4. The zero-order valence-electron chi connectivity index (χ0n) is 17.7. The fourth-order valence-corrected chi connectivity index (χ4v) is 4.63. The maximum absolute atomic E-state index is 12.6. The second-order valence-electron chi connectivity index (χ2n) is 7.74. The van der Waals surface area contributed by atoms with Crippen molar-refractivity contribution in [2.45, 2.75) is 51.5 Å². The van der Waals surface area contributed by atoms with Crippen molar-refractivity contribution >= 4 is 53.1 Å². The summed E-state index contributed by atoms with van der Waals surface area (Å²) in [7, 11) is 0. The molecule has 0 bridgehead atoms. The largest absolute Gasteiger partial charge is 0.357 e. The zero-order valence-corrected chi connectivity index (χ0v) is 20.8. The van der Waals surface area contributed by atoms with Gasteiger partial charge in [0.05, 0.1) is 4.88 Å². The molecule has 1 saturated heterocycles. The van der Waals surface area contributed by atoms with Crippen molar-refractivity contribution in [3.05, 3.63) is 22.4 Å². The Hall–Kier alpha value is -1.36. The van der Waals surface area contributed by atoms with Crippen LogP contribution < -0.4 is 16.0 Å². The van der Waals surface area contributed by atoms with E-state index in [1.54, 1.807) is 0 Å². The SMILES string of the molecule is CCNC(=NCCCNC(=O)c1cccs1)NC1CCN(C(=O)C2CCCC2)C1.I. The third-order valence-electron chi connectivity index (χ3n) is 5.52. The summed E-state index contributed by atoms with van der Waals surface area (Å²) in [4.78, 5) is 31.9. The van der Waals surface area contributed by atoms with E-state index < -0.39 is 0 Å². The van der Waals surface area contributed by atoms with E-state index in [9.17, 15) is 9.59 Å². The number of nitrogens with one attached hydrogen (secondary N) is 3. The highest BCUT2D eigenvalue weighted by Crippen LogP contribution is 2.27. The van der Waals surface area contributed by atoms with Crippen LogP contribution in [0.3, 0.4) is 0 Å². The van der Waals surface area contributed by atoms with Crippen LogP contribution in [0.25, 0.3) is 0 Å². The third kappa shape index (κ3) is 7.40. The van der Waals surface area contributed by atoms with Gasteiger partial charge < -0.3 is 20.9 Å². The van der Waals surface area contributed by atoms with Crippen LogP contribution in [-0.4, -0.2) is 61.4 Å². The molecular weight excluding hydrogens is 513 g/mol. The molecule has 1 unspecified atom stereocenters. The Balaban J connectivity index is 0.00000320. The van der Waals surface area contributed by atoms with Crippen molar-refractivity contribution in [1.29, 1.82) is 0 Å². The van der Waals surface area contributed by atoms with Gasteiger partial charge in [0, 0.05) is 44.7 Å². The number of aliphatic imine (C=N–C) groups is 1. The first kappa shape index (κ1) is 24.9. The van der Waals surface area contributed by atoms with Gasteiger partial charge in [0.25, 0.3) is 5.91 Å². The van der Waals surface area contributed by atoms with Crippen molar-refractivity contribution in [2.75, 3.05) is 32.7 Å². The van der Waals surface area contributed by atoms with Gasteiger partial charge in [-0.2, -0.15) is 0 Å². The fourth-order valence-electron chi connectivity index (χ4n) is 3.99. The van der Waals surface area contributed by atoms with E-state index >= 15 is 0 Å². The molecule has 2 fully saturated rings. The molecule has 0 radical (unpaired) electrons. The fraction of sp³-hybridized carbons (Fsp3) is 0.667. The number of hydrogen-bond donors (Lipinski definition) is 3. The second kappa shape index (κ2) is 13.1. The van der Waals surface area contributed by atoms with E-state index in [-0.39, 0.29) is 41.8 Å². The molecule has 3 rings (SSSR count). The van der Waals surface area contributed by atoms with E-state index in [0.29, 0.717) is 19.0 Å². The summed E-state index contributed by atoms with van der Waals surface area (Å²) >= 11 is 1.45.